The fourth-order valence-corrected chi connectivity index (χ4v) is 2.14. The topological polar surface area (TPSA) is 28.7 Å². The zero-order valence-corrected chi connectivity index (χ0v) is 12.2. The van der Waals surface area contributed by atoms with E-state index in [0.29, 0.717) is 5.92 Å². The lowest BCUT2D eigenvalue weighted by molar-refractivity contribution is 0.612. The summed E-state index contributed by atoms with van der Waals surface area (Å²) in [7, 11) is 0. The van der Waals surface area contributed by atoms with E-state index in [1.165, 1.54) is 0 Å². The molecule has 0 saturated heterocycles. The van der Waals surface area contributed by atoms with Gasteiger partial charge >= 0.3 is 0 Å². The number of H-pyrrole nitrogens is 1. The second-order valence-electron chi connectivity index (χ2n) is 4.75. The number of nitrogens with one attached hydrogen (secondary N) is 1. The third-order valence-electron chi connectivity index (χ3n) is 2.89. The lowest BCUT2D eigenvalue weighted by Gasteiger charge is -2.10. The van der Waals surface area contributed by atoms with Gasteiger partial charge in [-0.2, -0.15) is 0 Å². The van der Waals surface area contributed by atoms with Crippen LogP contribution in [0.15, 0.2) is 24.3 Å². The Balaban J connectivity index is 2.37. The summed E-state index contributed by atoms with van der Waals surface area (Å²) in [4.78, 5) is 7.88. The molecule has 2 aromatic rings. The Morgan fingerprint density at radius 2 is 1.78 bits per heavy atom. The van der Waals surface area contributed by atoms with Gasteiger partial charge in [0.1, 0.15) is 5.82 Å². The van der Waals surface area contributed by atoms with Crippen LogP contribution in [0, 0.1) is 12.8 Å². The van der Waals surface area contributed by atoms with Crippen LogP contribution >= 0.6 is 23.2 Å². The Bertz CT molecular complexity index is 529. The number of aryl methyl sites for hydroxylation is 1. The van der Waals surface area contributed by atoms with E-state index in [-0.39, 0.29) is 5.38 Å². The number of rotatable bonds is 3. The standard InChI is InChI=1S/C14H16Cl2N2/c1-8(2)12(16)13-9(3)17-14(18-13)10-4-6-11(15)7-5-10/h4-8,12H,1-3H3,(H,17,18). The van der Waals surface area contributed by atoms with Crippen LogP contribution in [-0.4, -0.2) is 9.97 Å². The van der Waals surface area contributed by atoms with Crippen molar-refractivity contribution in [3.05, 3.63) is 40.7 Å². The van der Waals surface area contributed by atoms with Crippen molar-refractivity contribution < 1.29 is 0 Å². The molecule has 1 aromatic carbocycles. The Kier molecular flexibility index (Phi) is 3.98. The molecule has 0 radical (unpaired) electrons. The summed E-state index contributed by atoms with van der Waals surface area (Å²) in [5, 5.41) is 0.655. The van der Waals surface area contributed by atoms with Crippen LogP contribution in [0.3, 0.4) is 0 Å². The highest BCUT2D eigenvalue weighted by Gasteiger charge is 2.19. The summed E-state index contributed by atoms with van der Waals surface area (Å²) in [6, 6.07) is 7.61. The van der Waals surface area contributed by atoms with Crippen LogP contribution in [0.1, 0.15) is 30.6 Å². The number of halogens is 2. The second-order valence-corrected chi connectivity index (χ2v) is 5.65. The van der Waals surface area contributed by atoms with Crippen LogP contribution in [0.4, 0.5) is 0 Å². The molecule has 18 heavy (non-hydrogen) atoms. The first kappa shape index (κ1) is 13.4. The first-order chi connectivity index (χ1) is 8.49. The Morgan fingerprint density at radius 3 is 2.33 bits per heavy atom. The Labute approximate surface area is 117 Å². The van der Waals surface area contributed by atoms with Gasteiger partial charge in [-0.15, -0.1) is 11.6 Å². The van der Waals surface area contributed by atoms with Crippen molar-refractivity contribution in [2.45, 2.75) is 26.1 Å². The average Bonchev–Trinajstić information content (AvgIpc) is 2.71. The molecule has 1 aromatic heterocycles. The van der Waals surface area contributed by atoms with E-state index in [2.05, 4.69) is 23.8 Å². The quantitative estimate of drug-likeness (QED) is 0.791. The maximum absolute atomic E-state index is 6.37. The molecule has 0 aliphatic heterocycles. The Hall–Kier alpha value is -0.990. The summed E-state index contributed by atoms with van der Waals surface area (Å²) in [5.74, 6) is 1.19. The lowest BCUT2D eigenvalue weighted by Crippen LogP contribution is -2.01. The number of imidazole rings is 1. The first-order valence-corrected chi connectivity index (χ1v) is 6.77. The van der Waals surface area contributed by atoms with Crippen LogP contribution < -0.4 is 0 Å². The van der Waals surface area contributed by atoms with Crippen molar-refractivity contribution in [3.8, 4) is 11.4 Å². The number of aromatic nitrogens is 2. The highest BCUT2D eigenvalue weighted by Crippen LogP contribution is 2.31. The van der Waals surface area contributed by atoms with Gasteiger partial charge in [0.2, 0.25) is 0 Å². The minimum absolute atomic E-state index is 0.0673. The average molecular weight is 283 g/mol. The highest BCUT2D eigenvalue weighted by atomic mass is 35.5. The van der Waals surface area contributed by atoms with Crippen molar-refractivity contribution >= 4 is 23.2 Å². The fourth-order valence-electron chi connectivity index (χ4n) is 1.80. The number of alkyl halides is 1. The first-order valence-electron chi connectivity index (χ1n) is 5.95. The molecule has 1 N–H and O–H groups in total. The zero-order valence-electron chi connectivity index (χ0n) is 10.7. The molecule has 4 heteroatoms. The van der Waals surface area contributed by atoms with Gasteiger partial charge in [-0.25, -0.2) is 4.98 Å². The van der Waals surface area contributed by atoms with E-state index >= 15 is 0 Å². The van der Waals surface area contributed by atoms with Gasteiger partial charge in [-0.05, 0) is 37.1 Å². The fraction of sp³-hybridized carbons (Fsp3) is 0.357. The molecular formula is C14H16Cl2N2. The summed E-state index contributed by atoms with van der Waals surface area (Å²) in [5.41, 5.74) is 2.96. The van der Waals surface area contributed by atoms with E-state index in [0.717, 1.165) is 27.8 Å². The van der Waals surface area contributed by atoms with Gasteiger partial charge in [-0.3, -0.25) is 0 Å². The third-order valence-corrected chi connectivity index (χ3v) is 3.85. The van der Waals surface area contributed by atoms with Crippen molar-refractivity contribution in [2.75, 3.05) is 0 Å². The molecule has 0 aliphatic carbocycles. The normalized spacial score (nSPS) is 13.0. The van der Waals surface area contributed by atoms with Gasteiger partial charge in [-0.1, -0.05) is 25.4 Å². The van der Waals surface area contributed by atoms with Crippen molar-refractivity contribution in [1.29, 1.82) is 0 Å². The summed E-state index contributed by atoms with van der Waals surface area (Å²) < 4.78 is 0. The molecule has 0 fully saturated rings. The summed E-state index contributed by atoms with van der Waals surface area (Å²) >= 11 is 12.2. The summed E-state index contributed by atoms with van der Waals surface area (Å²) in [6.07, 6.45) is 0. The van der Waals surface area contributed by atoms with Gasteiger partial charge in [0.25, 0.3) is 0 Å². The number of nitrogens with zero attached hydrogens (tertiary/aromatic N) is 1. The van der Waals surface area contributed by atoms with Gasteiger partial charge in [0.05, 0.1) is 11.1 Å². The predicted octanol–water partition coefficient (Wildman–Crippen LogP) is 4.97. The largest absolute Gasteiger partial charge is 0.342 e. The molecule has 0 aliphatic rings. The minimum Gasteiger partial charge on any atom is -0.342 e. The SMILES string of the molecule is Cc1[nH]c(-c2ccc(Cl)cc2)nc1C(Cl)C(C)C. The van der Waals surface area contributed by atoms with Gasteiger partial charge in [0, 0.05) is 16.3 Å². The summed E-state index contributed by atoms with van der Waals surface area (Å²) in [6.45, 7) is 6.18. The predicted molar refractivity (Wildman–Crippen MR) is 77.2 cm³/mol. The molecular weight excluding hydrogens is 267 g/mol. The second kappa shape index (κ2) is 5.33. The molecule has 0 saturated carbocycles. The van der Waals surface area contributed by atoms with Crippen molar-refractivity contribution in [1.82, 2.24) is 9.97 Å². The molecule has 2 nitrogen and oxygen atoms in total. The van der Waals surface area contributed by atoms with Crippen LogP contribution in [0.5, 0.6) is 0 Å². The minimum atomic E-state index is -0.0673. The van der Waals surface area contributed by atoms with Crippen LogP contribution in [0.2, 0.25) is 5.02 Å². The molecule has 2 rings (SSSR count). The maximum Gasteiger partial charge on any atom is 0.137 e. The van der Waals surface area contributed by atoms with E-state index in [1.807, 2.05) is 31.2 Å². The lowest BCUT2D eigenvalue weighted by atomic mass is 10.1. The van der Waals surface area contributed by atoms with Crippen molar-refractivity contribution in [3.63, 3.8) is 0 Å². The third kappa shape index (κ3) is 2.70. The number of hydrogen-bond acceptors (Lipinski definition) is 1. The molecule has 96 valence electrons. The molecule has 1 atom stereocenters. The Morgan fingerprint density at radius 1 is 1.17 bits per heavy atom. The molecule has 0 amide bonds. The number of benzene rings is 1. The molecule has 1 unspecified atom stereocenters. The van der Waals surface area contributed by atoms with E-state index in [4.69, 9.17) is 23.2 Å². The monoisotopic (exact) mass is 282 g/mol. The number of aromatic amines is 1. The van der Waals surface area contributed by atoms with E-state index in [9.17, 15) is 0 Å². The zero-order chi connectivity index (χ0) is 13.3. The van der Waals surface area contributed by atoms with E-state index < -0.39 is 0 Å². The number of hydrogen-bond donors (Lipinski definition) is 1. The molecule has 1 heterocycles. The molecule has 0 spiro atoms. The van der Waals surface area contributed by atoms with Crippen molar-refractivity contribution in [2.24, 2.45) is 5.92 Å². The smallest absolute Gasteiger partial charge is 0.137 e. The van der Waals surface area contributed by atoms with E-state index in [1.54, 1.807) is 0 Å². The highest BCUT2D eigenvalue weighted by molar-refractivity contribution is 6.30. The van der Waals surface area contributed by atoms with Gasteiger partial charge in [0.15, 0.2) is 0 Å². The maximum atomic E-state index is 6.37. The van der Waals surface area contributed by atoms with Gasteiger partial charge < -0.3 is 4.98 Å². The van der Waals surface area contributed by atoms with Crippen LogP contribution in [-0.2, 0) is 0 Å². The van der Waals surface area contributed by atoms with Crippen LogP contribution in [0.25, 0.3) is 11.4 Å². The molecule has 0 bridgehead atoms.